The van der Waals surface area contributed by atoms with Crippen LogP contribution < -0.4 is 5.32 Å². The Balaban J connectivity index is 4.63. The van der Waals surface area contributed by atoms with Crippen LogP contribution in [0.2, 0.25) is 0 Å². The number of rotatable bonds is 50. The lowest BCUT2D eigenvalue weighted by Crippen LogP contribution is -2.46. The Morgan fingerprint density at radius 3 is 1.26 bits per heavy atom. The van der Waals surface area contributed by atoms with E-state index >= 15 is 0 Å². The van der Waals surface area contributed by atoms with Gasteiger partial charge in [-0.25, -0.2) is 0 Å². The number of esters is 1. The highest BCUT2D eigenvalue weighted by Crippen LogP contribution is 2.18. The molecular formula is C59H107NO5. The molecule has 0 radical (unpaired) electrons. The fourth-order valence-electron chi connectivity index (χ4n) is 8.38. The predicted molar refractivity (Wildman–Crippen MR) is 282 cm³/mol. The van der Waals surface area contributed by atoms with Gasteiger partial charge in [0.1, 0.15) is 6.10 Å². The molecule has 0 fully saturated rings. The molecule has 0 spiro atoms. The van der Waals surface area contributed by atoms with E-state index in [9.17, 15) is 19.8 Å². The molecule has 0 aliphatic heterocycles. The van der Waals surface area contributed by atoms with Crippen molar-refractivity contribution in [2.75, 3.05) is 6.61 Å². The third-order valence-electron chi connectivity index (χ3n) is 12.7. The standard InChI is InChI=1S/C59H107NO5/c1-4-7-10-13-16-19-22-24-26-28-30-32-34-37-40-43-46-49-52-59(64)65-55(50-47-44-41-38-36-33-31-29-27-25-23-20-17-14-11-8-5-2)53-58(63)60-56(54-61)57(62)51-48-45-42-39-35-21-18-15-12-9-6-3/h16,19,22,24-28,30,32,55-57,61-62H,4-15,17-18,20-21,23,29,31,33-54H2,1-3H3,(H,60,63)/b19-16+,24-22+,27-25+,28-26+,32-30+. The van der Waals surface area contributed by atoms with Crippen molar-refractivity contribution in [1.29, 1.82) is 0 Å². The van der Waals surface area contributed by atoms with Gasteiger partial charge in [-0.1, -0.05) is 248 Å². The Kier molecular flexibility index (Phi) is 50.6. The SMILES string of the molecule is CCCCC/C=C/C=C/C=C/C=C/CCCCCCCC(=O)OC(CCCCCCCCC/C=C/CCCCCCCC)CC(=O)NC(CO)C(O)CCCCCCCCCCCCC. The van der Waals surface area contributed by atoms with Gasteiger partial charge in [0.25, 0.3) is 0 Å². The van der Waals surface area contributed by atoms with Gasteiger partial charge in [0, 0.05) is 6.42 Å². The van der Waals surface area contributed by atoms with Gasteiger partial charge >= 0.3 is 5.97 Å². The highest BCUT2D eigenvalue weighted by atomic mass is 16.5. The first-order valence-electron chi connectivity index (χ1n) is 28.1. The average molecular weight is 911 g/mol. The Labute approximate surface area is 403 Å². The molecule has 0 bridgehead atoms. The van der Waals surface area contributed by atoms with Crippen molar-refractivity contribution in [2.24, 2.45) is 0 Å². The molecule has 0 aromatic carbocycles. The van der Waals surface area contributed by atoms with Gasteiger partial charge in [-0.15, -0.1) is 0 Å². The Morgan fingerprint density at radius 1 is 0.446 bits per heavy atom. The Bertz CT molecular complexity index is 1160. The van der Waals surface area contributed by atoms with E-state index in [1.54, 1.807) is 0 Å². The molecule has 6 heteroatoms. The summed E-state index contributed by atoms with van der Waals surface area (Å²) >= 11 is 0. The summed E-state index contributed by atoms with van der Waals surface area (Å²) in [5.41, 5.74) is 0. The summed E-state index contributed by atoms with van der Waals surface area (Å²) in [6, 6.07) is -0.709. The summed E-state index contributed by atoms with van der Waals surface area (Å²) < 4.78 is 5.95. The number of carbonyl (C=O) groups excluding carboxylic acids is 2. The second-order valence-electron chi connectivity index (χ2n) is 19.1. The lowest BCUT2D eigenvalue weighted by atomic mass is 10.0. The van der Waals surface area contributed by atoms with Crippen molar-refractivity contribution < 1.29 is 24.5 Å². The van der Waals surface area contributed by atoms with Crippen LogP contribution in [-0.4, -0.2) is 46.9 Å². The van der Waals surface area contributed by atoms with Gasteiger partial charge in [0.2, 0.25) is 5.91 Å². The summed E-state index contributed by atoms with van der Waals surface area (Å²) in [5, 5.41) is 23.8. The van der Waals surface area contributed by atoms with E-state index in [1.807, 2.05) is 0 Å². The smallest absolute Gasteiger partial charge is 0.306 e. The minimum Gasteiger partial charge on any atom is -0.462 e. The van der Waals surface area contributed by atoms with Crippen LogP contribution in [0.25, 0.3) is 0 Å². The molecule has 0 aromatic rings. The van der Waals surface area contributed by atoms with Crippen molar-refractivity contribution in [3.63, 3.8) is 0 Å². The molecule has 1 amide bonds. The normalized spacial score (nSPS) is 13.6. The topological polar surface area (TPSA) is 95.9 Å². The number of nitrogens with one attached hydrogen (secondary N) is 1. The summed E-state index contributed by atoms with van der Waals surface area (Å²) in [4.78, 5) is 26.2. The van der Waals surface area contributed by atoms with Crippen LogP contribution in [0.3, 0.4) is 0 Å². The van der Waals surface area contributed by atoms with Gasteiger partial charge in [-0.3, -0.25) is 9.59 Å². The molecule has 378 valence electrons. The lowest BCUT2D eigenvalue weighted by molar-refractivity contribution is -0.151. The molecule has 0 aliphatic rings. The maximum atomic E-state index is 13.2. The second-order valence-corrected chi connectivity index (χ2v) is 19.1. The van der Waals surface area contributed by atoms with E-state index in [1.165, 1.54) is 148 Å². The van der Waals surface area contributed by atoms with Crippen LogP contribution in [0.5, 0.6) is 0 Å². The summed E-state index contributed by atoms with van der Waals surface area (Å²) in [6.07, 6.45) is 65.6. The zero-order valence-corrected chi connectivity index (χ0v) is 43.1. The monoisotopic (exact) mass is 910 g/mol. The van der Waals surface area contributed by atoms with Gasteiger partial charge in [-0.2, -0.15) is 0 Å². The number of unbranched alkanes of at least 4 members (excludes halogenated alkanes) is 31. The van der Waals surface area contributed by atoms with Gasteiger partial charge in [0.05, 0.1) is 25.2 Å². The number of aliphatic hydroxyl groups excluding tert-OH is 2. The van der Waals surface area contributed by atoms with Crippen molar-refractivity contribution >= 4 is 11.9 Å². The molecule has 0 aromatic heterocycles. The number of ether oxygens (including phenoxy) is 1. The Morgan fingerprint density at radius 2 is 0.800 bits per heavy atom. The highest BCUT2D eigenvalue weighted by Gasteiger charge is 2.24. The number of allylic oxidation sites excluding steroid dienone is 10. The minimum absolute atomic E-state index is 0.0644. The lowest BCUT2D eigenvalue weighted by Gasteiger charge is -2.24. The zero-order chi connectivity index (χ0) is 47.4. The van der Waals surface area contributed by atoms with Crippen molar-refractivity contribution in [3.05, 3.63) is 60.8 Å². The third kappa shape index (κ3) is 47.8. The zero-order valence-electron chi connectivity index (χ0n) is 43.1. The molecule has 0 rings (SSSR count). The molecule has 0 aliphatic carbocycles. The van der Waals surface area contributed by atoms with Gasteiger partial charge in [0.15, 0.2) is 0 Å². The summed E-state index contributed by atoms with van der Waals surface area (Å²) in [5.74, 6) is -0.498. The second kappa shape index (κ2) is 52.5. The fraction of sp³-hybridized carbons (Fsp3) is 0.797. The molecule has 6 nitrogen and oxygen atoms in total. The van der Waals surface area contributed by atoms with Crippen LogP contribution >= 0.6 is 0 Å². The van der Waals surface area contributed by atoms with E-state index in [2.05, 4.69) is 86.8 Å². The van der Waals surface area contributed by atoms with E-state index < -0.39 is 18.2 Å². The van der Waals surface area contributed by atoms with Crippen LogP contribution in [0, 0.1) is 0 Å². The largest absolute Gasteiger partial charge is 0.462 e. The first kappa shape index (κ1) is 62.6. The fourth-order valence-corrected chi connectivity index (χ4v) is 8.38. The summed E-state index contributed by atoms with van der Waals surface area (Å²) in [6.45, 7) is 6.45. The molecule has 0 heterocycles. The molecule has 65 heavy (non-hydrogen) atoms. The van der Waals surface area contributed by atoms with Crippen molar-refractivity contribution in [2.45, 2.75) is 296 Å². The van der Waals surface area contributed by atoms with E-state index in [4.69, 9.17) is 4.74 Å². The Hall–Kier alpha value is -2.44. The highest BCUT2D eigenvalue weighted by molar-refractivity contribution is 5.77. The number of aliphatic hydroxyl groups is 2. The first-order chi connectivity index (χ1) is 32.0. The average Bonchev–Trinajstić information content (AvgIpc) is 3.30. The number of hydrogen-bond acceptors (Lipinski definition) is 5. The maximum absolute atomic E-state index is 13.2. The van der Waals surface area contributed by atoms with E-state index in [-0.39, 0.29) is 24.9 Å². The molecule has 0 saturated heterocycles. The van der Waals surface area contributed by atoms with Crippen molar-refractivity contribution in [3.8, 4) is 0 Å². The minimum atomic E-state index is -0.794. The molecule has 3 atom stereocenters. The van der Waals surface area contributed by atoms with Crippen LogP contribution in [-0.2, 0) is 14.3 Å². The predicted octanol–water partition coefficient (Wildman–Crippen LogP) is 17.2. The summed E-state index contributed by atoms with van der Waals surface area (Å²) in [7, 11) is 0. The first-order valence-corrected chi connectivity index (χ1v) is 28.1. The van der Waals surface area contributed by atoms with Gasteiger partial charge in [-0.05, 0) is 77.0 Å². The quantitative estimate of drug-likeness (QED) is 0.0245. The van der Waals surface area contributed by atoms with Crippen molar-refractivity contribution in [1.82, 2.24) is 5.32 Å². The maximum Gasteiger partial charge on any atom is 0.306 e. The van der Waals surface area contributed by atoms with Crippen LogP contribution in [0.1, 0.15) is 278 Å². The van der Waals surface area contributed by atoms with Crippen LogP contribution in [0.15, 0.2) is 60.8 Å². The molecule has 3 N–H and O–H groups in total. The van der Waals surface area contributed by atoms with Crippen LogP contribution in [0.4, 0.5) is 0 Å². The third-order valence-corrected chi connectivity index (χ3v) is 12.7. The van der Waals surface area contributed by atoms with E-state index in [0.717, 1.165) is 83.5 Å². The van der Waals surface area contributed by atoms with Gasteiger partial charge < -0.3 is 20.3 Å². The number of amides is 1. The number of hydrogen-bond donors (Lipinski definition) is 3. The van der Waals surface area contributed by atoms with E-state index in [0.29, 0.717) is 19.3 Å². The molecule has 3 unspecified atom stereocenters. The molecule has 0 saturated carbocycles. The molecular weight excluding hydrogens is 803 g/mol. The number of carbonyl (C=O) groups is 2.